The average molecular weight is 446 g/mol. The van der Waals surface area contributed by atoms with Gasteiger partial charge in [-0.05, 0) is 29.2 Å². The summed E-state index contributed by atoms with van der Waals surface area (Å²) < 4.78 is 6.74. The summed E-state index contributed by atoms with van der Waals surface area (Å²) in [6.07, 6.45) is 7.92. The van der Waals surface area contributed by atoms with Crippen molar-refractivity contribution in [2.45, 2.75) is 37.3 Å². The first-order chi connectivity index (χ1) is 16.0. The lowest BCUT2D eigenvalue weighted by Gasteiger charge is -2.36. The van der Waals surface area contributed by atoms with Gasteiger partial charge in [-0.15, -0.1) is 0 Å². The Hall–Kier alpha value is -3.02. The van der Waals surface area contributed by atoms with Crippen molar-refractivity contribution >= 4 is 5.97 Å². The first-order valence-corrected chi connectivity index (χ1v) is 11.8. The molecule has 0 saturated carbocycles. The van der Waals surface area contributed by atoms with Crippen LogP contribution >= 0.6 is 0 Å². The predicted octanol–water partition coefficient (Wildman–Crippen LogP) is 4.10. The van der Waals surface area contributed by atoms with Crippen LogP contribution in [0.4, 0.5) is 0 Å². The third kappa shape index (κ3) is 5.15. The molecule has 0 bridgehead atoms. The third-order valence-corrected chi connectivity index (χ3v) is 7.03. The summed E-state index contributed by atoms with van der Waals surface area (Å²) in [7, 11) is 2.26. The van der Waals surface area contributed by atoms with Crippen LogP contribution in [-0.4, -0.2) is 53.3 Å². The second-order valence-corrected chi connectivity index (χ2v) is 9.23. The van der Waals surface area contributed by atoms with Crippen molar-refractivity contribution in [3.63, 3.8) is 0 Å². The third-order valence-electron chi connectivity index (χ3n) is 7.03. The number of quaternary nitrogens is 1. The molecular formula is C28H33N2O3+. The fourth-order valence-electron chi connectivity index (χ4n) is 4.97. The van der Waals surface area contributed by atoms with E-state index in [1.807, 2.05) is 48.7 Å². The first-order valence-electron chi connectivity index (χ1n) is 11.8. The summed E-state index contributed by atoms with van der Waals surface area (Å²) in [5.74, 6) is -0.617. The zero-order chi connectivity index (χ0) is 23.2. The molecule has 0 amide bonds. The molecule has 1 N–H and O–H groups in total. The Morgan fingerprint density at radius 2 is 1.73 bits per heavy atom. The standard InChI is InChI=1S/C28H33N2O3/c1-30(19-9-12-23-11-8-18-29-21-23)20-10-17-26(30)22-33-27(31)28(32,24-13-4-2-5-14-24)25-15-6-3-7-16-25/h2-8,11,13-16,18,21,26,32H,9-10,12,17,19-20,22H2,1H3/q+1. The van der Waals surface area contributed by atoms with E-state index < -0.39 is 11.6 Å². The van der Waals surface area contributed by atoms with Crippen molar-refractivity contribution in [2.24, 2.45) is 0 Å². The van der Waals surface area contributed by atoms with Gasteiger partial charge in [0.2, 0.25) is 5.60 Å². The summed E-state index contributed by atoms with van der Waals surface area (Å²) >= 11 is 0. The van der Waals surface area contributed by atoms with E-state index in [2.05, 4.69) is 18.1 Å². The van der Waals surface area contributed by atoms with E-state index in [0.29, 0.717) is 17.7 Å². The molecule has 2 unspecified atom stereocenters. The number of carbonyl (C=O) groups excluding carboxylic acids is 1. The van der Waals surface area contributed by atoms with E-state index in [0.717, 1.165) is 43.3 Å². The molecule has 3 aromatic rings. The van der Waals surface area contributed by atoms with Gasteiger partial charge in [0.05, 0.1) is 20.1 Å². The number of nitrogens with zero attached hydrogens (tertiary/aromatic N) is 2. The van der Waals surface area contributed by atoms with Gasteiger partial charge in [0, 0.05) is 31.7 Å². The molecule has 5 heteroatoms. The fraction of sp³-hybridized carbons (Fsp3) is 0.357. The second kappa shape index (κ2) is 10.3. The number of rotatable bonds is 9. The Labute approximate surface area is 196 Å². The number of aromatic nitrogens is 1. The van der Waals surface area contributed by atoms with Gasteiger partial charge in [0.1, 0.15) is 12.6 Å². The maximum atomic E-state index is 13.3. The number of aliphatic hydroxyl groups is 1. The maximum absolute atomic E-state index is 13.3. The Morgan fingerprint density at radius 1 is 1.06 bits per heavy atom. The van der Waals surface area contributed by atoms with Crippen LogP contribution in [0.5, 0.6) is 0 Å². The minimum absolute atomic E-state index is 0.235. The minimum Gasteiger partial charge on any atom is -0.457 e. The zero-order valence-electron chi connectivity index (χ0n) is 19.3. The number of pyridine rings is 1. The SMILES string of the molecule is C[N+]1(CCCc2cccnc2)CCCC1COC(=O)C(O)(c1ccccc1)c1ccccc1. The quantitative estimate of drug-likeness (QED) is 0.398. The van der Waals surface area contributed by atoms with Crippen LogP contribution in [0.1, 0.15) is 36.0 Å². The number of ether oxygens (including phenoxy) is 1. The second-order valence-electron chi connectivity index (χ2n) is 9.23. The van der Waals surface area contributed by atoms with E-state index in [1.54, 1.807) is 30.5 Å². The topological polar surface area (TPSA) is 59.4 Å². The molecule has 1 fully saturated rings. The molecule has 2 aromatic carbocycles. The highest BCUT2D eigenvalue weighted by Gasteiger charge is 2.44. The first kappa shape index (κ1) is 23.1. The smallest absolute Gasteiger partial charge is 0.347 e. The predicted molar refractivity (Wildman–Crippen MR) is 128 cm³/mol. The highest BCUT2D eigenvalue weighted by atomic mass is 16.6. The van der Waals surface area contributed by atoms with Crippen molar-refractivity contribution < 1.29 is 19.1 Å². The number of hydrogen-bond acceptors (Lipinski definition) is 4. The van der Waals surface area contributed by atoms with Gasteiger partial charge in [-0.3, -0.25) is 4.98 Å². The molecule has 0 aliphatic carbocycles. The Balaban J connectivity index is 1.43. The molecule has 0 spiro atoms. The largest absolute Gasteiger partial charge is 0.457 e. The lowest BCUT2D eigenvalue weighted by atomic mass is 9.86. The van der Waals surface area contributed by atoms with Gasteiger partial charge in [0.25, 0.3) is 0 Å². The highest BCUT2D eigenvalue weighted by Crippen LogP contribution is 2.32. The maximum Gasteiger partial charge on any atom is 0.347 e. The molecule has 1 aromatic heterocycles. The fourth-order valence-corrected chi connectivity index (χ4v) is 4.97. The average Bonchev–Trinajstić information content (AvgIpc) is 3.23. The number of hydrogen-bond donors (Lipinski definition) is 1. The minimum atomic E-state index is -1.83. The Kier molecular flexibility index (Phi) is 7.21. The Bertz CT molecular complexity index is 987. The molecule has 0 radical (unpaired) electrons. The van der Waals surface area contributed by atoms with Crippen molar-refractivity contribution in [3.8, 4) is 0 Å². The molecule has 172 valence electrons. The number of carbonyl (C=O) groups is 1. The molecule has 4 rings (SSSR count). The number of benzene rings is 2. The van der Waals surface area contributed by atoms with Crippen LogP contribution in [0.3, 0.4) is 0 Å². The van der Waals surface area contributed by atoms with Gasteiger partial charge in [-0.25, -0.2) is 4.79 Å². The molecular weight excluding hydrogens is 412 g/mol. The lowest BCUT2D eigenvalue weighted by Crippen LogP contribution is -2.51. The molecule has 2 heterocycles. The monoisotopic (exact) mass is 445 g/mol. The van der Waals surface area contributed by atoms with Crippen LogP contribution in [0.2, 0.25) is 0 Å². The summed E-state index contributed by atoms with van der Waals surface area (Å²) in [5, 5.41) is 11.6. The van der Waals surface area contributed by atoms with Crippen LogP contribution in [-0.2, 0) is 21.6 Å². The summed E-state index contributed by atoms with van der Waals surface area (Å²) in [5.41, 5.74) is 0.454. The summed E-state index contributed by atoms with van der Waals surface area (Å²) in [6.45, 7) is 2.42. The van der Waals surface area contributed by atoms with Gasteiger partial charge >= 0.3 is 5.97 Å². The summed E-state index contributed by atoms with van der Waals surface area (Å²) in [6, 6.07) is 22.4. The van der Waals surface area contributed by atoms with Crippen LogP contribution in [0.25, 0.3) is 0 Å². The van der Waals surface area contributed by atoms with Crippen molar-refractivity contribution in [1.29, 1.82) is 0 Å². The molecule has 1 aliphatic heterocycles. The number of aryl methyl sites for hydroxylation is 1. The van der Waals surface area contributed by atoms with E-state index in [9.17, 15) is 9.90 Å². The molecule has 33 heavy (non-hydrogen) atoms. The molecule has 5 nitrogen and oxygen atoms in total. The van der Waals surface area contributed by atoms with E-state index >= 15 is 0 Å². The van der Waals surface area contributed by atoms with Crippen LogP contribution < -0.4 is 0 Å². The van der Waals surface area contributed by atoms with Gasteiger partial charge in [-0.1, -0.05) is 66.7 Å². The number of likely N-dealkylation sites (tertiary alicyclic amines) is 1. The zero-order valence-corrected chi connectivity index (χ0v) is 19.3. The molecule has 2 atom stereocenters. The number of likely N-dealkylation sites (N-methyl/N-ethyl adjacent to an activating group) is 1. The molecule has 1 saturated heterocycles. The number of esters is 1. The normalized spacial score (nSPS) is 20.5. The highest BCUT2D eigenvalue weighted by molar-refractivity contribution is 5.85. The van der Waals surface area contributed by atoms with Crippen LogP contribution in [0, 0.1) is 0 Å². The lowest BCUT2D eigenvalue weighted by molar-refractivity contribution is -0.921. The Morgan fingerprint density at radius 3 is 2.33 bits per heavy atom. The van der Waals surface area contributed by atoms with E-state index in [1.165, 1.54) is 5.56 Å². The van der Waals surface area contributed by atoms with E-state index in [-0.39, 0.29) is 6.04 Å². The van der Waals surface area contributed by atoms with Crippen molar-refractivity contribution in [2.75, 3.05) is 26.7 Å². The van der Waals surface area contributed by atoms with Gasteiger partial charge in [0.15, 0.2) is 0 Å². The van der Waals surface area contributed by atoms with Crippen LogP contribution in [0.15, 0.2) is 85.2 Å². The van der Waals surface area contributed by atoms with E-state index in [4.69, 9.17) is 4.74 Å². The van der Waals surface area contributed by atoms with Gasteiger partial charge < -0.3 is 14.3 Å². The molecule has 1 aliphatic rings. The van der Waals surface area contributed by atoms with Crippen molar-refractivity contribution in [3.05, 3.63) is 102 Å². The van der Waals surface area contributed by atoms with Gasteiger partial charge in [-0.2, -0.15) is 0 Å². The van der Waals surface area contributed by atoms with Crippen molar-refractivity contribution in [1.82, 2.24) is 4.98 Å². The summed E-state index contributed by atoms with van der Waals surface area (Å²) in [4.78, 5) is 17.5.